The zero-order valence-corrected chi connectivity index (χ0v) is 12.1. The molecule has 1 aromatic carbocycles. The molecule has 0 radical (unpaired) electrons. The summed E-state index contributed by atoms with van der Waals surface area (Å²) in [7, 11) is 0. The van der Waals surface area contributed by atoms with E-state index in [2.05, 4.69) is 19.2 Å². The van der Waals surface area contributed by atoms with Gasteiger partial charge in [0.15, 0.2) is 6.29 Å². The Morgan fingerprint density at radius 1 is 1.30 bits per heavy atom. The van der Waals surface area contributed by atoms with E-state index in [1.165, 1.54) is 0 Å². The van der Waals surface area contributed by atoms with E-state index in [0.717, 1.165) is 17.2 Å². The lowest BCUT2D eigenvalue weighted by Crippen LogP contribution is -2.38. The third-order valence-electron chi connectivity index (χ3n) is 3.65. The quantitative estimate of drug-likeness (QED) is 0.851. The fourth-order valence-electron chi connectivity index (χ4n) is 2.12. The Balaban J connectivity index is 2.22. The second kappa shape index (κ2) is 5.90. The Kier molecular flexibility index (Phi) is 4.23. The largest absolute Gasteiger partial charge is 0.352 e. The first-order valence-electron chi connectivity index (χ1n) is 6.85. The van der Waals surface area contributed by atoms with Gasteiger partial charge in [-0.25, -0.2) is 0 Å². The lowest BCUT2D eigenvalue weighted by molar-refractivity contribution is -0.122. The Bertz CT molecular complexity index is 628. The van der Waals surface area contributed by atoms with Crippen molar-refractivity contribution >= 4 is 23.1 Å². The van der Waals surface area contributed by atoms with Crippen molar-refractivity contribution in [3.63, 3.8) is 0 Å². The van der Waals surface area contributed by atoms with Gasteiger partial charge in [-0.2, -0.15) is 0 Å². The fourth-order valence-corrected chi connectivity index (χ4v) is 2.12. The number of aromatic nitrogens is 1. The zero-order valence-electron chi connectivity index (χ0n) is 12.1. The van der Waals surface area contributed by atoms with Crippen molar-refractivity contribution in [1.29, 1.82) is 0 Å². The smallest absolute Gasteiger partial charge is 0.240 e. The molecule has 2 aromatic rings. The summed E-state index contributed by atoms with van der Waals surface area (Å²) in [5.41, 5.74) is 1.52. The second-order valence-electron chi connectivity index (χ2n) is 5.45. The van der Waals surface area contributed by atoms with Crippen LogP contribution >= 0.6 is 0 Å². The van der Waals surface area contributed by atoms with Crippen molar-refractivity contribution in [2.24, 2.45) is 5.92 Å². The summed E-state index contributed by atoms with van der Waals surface area (Å²) >= 11 is 0. The first-order chi connectivity index (χ1) is 9.52. The highest BCUT2D eigenvalue weighted by atomic mass is 16.2. The number of rotatable bonds is 5. The summed E-state index contributed by atoms with van der Waals surface area (Å²) in [6, 6.07) is 7.74. The molecule has 1 atom stereocenters. The van der Waals surface area contributed by atoms with Gasteiger partial charge in [0.1, 0.15) is 6.54 Å². The summed E-state index contributed by atoms with van der Waals surface area (Å²) in [5.74, 6) is 0.357. The molecule has 0 aliphatic rings. The van der Waals surface area contributed by atoms with Crippen LogP contribution in [-0.2, 0) is 11.3 Å². The van der Waals surface area contributed by atoms with Crippen molar-refractivity contribution in [2.75, 3.05) is 0 Å². The fraction of sp³-hybridized carbons (Fsp3) is 0.375. The van der Waals surface area contributed by atoms with Gasteiger partial charge in [-0.1, -0.05) is 32.0 Å². The first kappa shape index (κ1) is 14.3. The van der Waals surface area contributed by atoms with Crippen molar-refractivity contribution in [2.45, 2.75) is 33.4 Å². The number of benzene rings is 1. The minimum absolute atomic E-state index is 0.0376. The molecule has 1 N–H and O–H groups in total. The number of fused-ring (bicyclic) bond motifs is 1. The molecular weight excluding hydrogens is 252 g/mol. The highest BCUT2D eigenvalue weighted by molar-refractivity contribution is 5.98. The minimum Gasteiger partial charge on any atom is -0.352 e. The molecule has 0 aliphatic heterocycles. The monoisotopic (exact) mass is 272 g/mol. The number of nitrogens with one attached hydrogen (secondary N) is 1. The summed E-state index contributed by atoms with van der Waals surface area (Å²) in [4.78, 5) is 23.1. The van der Waals surface area contributed by atoms with Crippen LogP contribution in [0.25, 0.3) is 10.9 Å². The van der Waals surface area contributed by atoms with E-state index in [1.54, 1.807) is 6.20 Å². The van der Waals surface area contributed by atoms with E-state index in [0.29, 0.717) is 11.5 Å². The number of hydrogen-bond acceptors (Lipinski definition) is 2. The molecule has 1 amide bonds. The molecule has 0 saturated heterocycles. The average Bonchev–Trinajstić information content (AvgIpc) is 2.77. The summed E-state index contributed by atoms with van der Waals surface area (Å²) in [5, 5.41) is 3.85. The van der Waals surface area contributed by atoms with Crippen LogP contribution in [-0.4, -0.2) is 22.8 Å². The SMILES string of the molecule is CC(C)C(C)NC(=O)Cn1cc(C=O)c2ccccc21. The van der Waals surface area contributed by atoms with Gasteiger partial charge in [-0.15, -0.1) is 0 Å². The number of carbonyl (C=O) groups is 2. The molecule has 0 bridgehead atoms. The third-order valence-corrected chi connectivity index (χ3v) is 3.65. The van der Waals surface area contributed by atoms with E-state index >= 15 is 0 Å². The van der Waals surface area contributed by atoms with Crippen LogP contribution in [0.5, 0.6) is 0 Å². The van der Waals surface area contributed by atoms with Gasteiger partial charge in [0.2, 0.25) is 5.91 Å². The highest BCUT2D eigenvalue weighted by Gasteiger charge is 2.13. The molecule has 0 aliphatic carbocycles. The molecule has 1 aromatic heterocycles. The van der Waals surface area contributed by atoms with Crippen LogP contribution in [0.2, 0.25) is 0 Å². The van der Waals surface area contributed by atoms with E-state index in [4.69, 9.17) is 0 Å². The highest BCUT2D eigenvalue weighted by Crippen LogP contribution is 2.19. The maximum Gasteiger partial charge on any atom is 0.240 e. The summed E-state index contributed by atoms with van der Waals surface area (Å²) in [6.07, 6.45) is 2.56. The van der Waals surface area contributed by atoms with Gasteiger partial charge in [0, 0.05) is 28.7 Å². The topological polar surface area (TPSA) is 51.1 Å². The molecule has 106 valence electrons. The molecule has 0 spiro atoms. The zero-order chi connectivity index (χ0) is 14.7. The molecule has 4 nitrogen and oxygen atoms in total. The van der Waals surface area contributed by atoms with Crippen molar-refractivity contribution in [3.8, 4) is 0 Å². The van der Waals surface area contributed by atoms with Crippen LogP contribution in [0.4, 0.5) is 0 Å². The first-order valence-corrected chi connectivity index (χ1v) is 6.85. The van der Waals surface area contributed by atoms with Gasteiger partial charge in [0.25, 0.3) is 0 Å². The van der Waals surface area contributed by atoms with Crippen molar-refractivity contribution in [3.05, 3.63) is 36.0 Å². The Hall–Kier alpha value is -2.10. The van der Waals surface area contributed by atoms with Gasteiger partial charge >= 0.3 is 0 Å². The normalized spacial score (nSPS) is 12.6. The minimum atomic E-state index is -0.0376. The molecular formula is C16H20N2O2. The Morgan fingerprint density at radius 2 is 2.00 bits per heavy atom. The van der Waals surface area contributed by atoms with E-state index in [-0.39, 0.29) is 18.5 Å². The summed E-state index contributed by atoms with van der Waals surface area (Å²) < 4.78 is 1.82. The molecule has 1 unspecified atom stereocenters. The maximum atomic E-state index is 12.0. The van der Waals surface area contributed by atoms with Gasteiger partial charge < -0.3 is 9.88 Å². The number of aldehydes is 1. The van der Waals surface area contributed by atoms with Crippen LogP contribution in [0, 0.1) is 5.92 Å². The standard InChI is InChI=1S/C16H20N2O2/c1-11(2)12(3)17-16(20)9-18-8-13(10-19)14-6-4-5-7-15(14)18/h4-8,10-12H,9H2,1-3H3,(H,17,20). The third kappa shape index (κ3) is 2.90. The molecule has 2 rings (SSSR count). The van der Waals surface area contributed by atoms with Gasteiger partial charge in [-0.3, -0.25) is 9.59 Å². The van der Waals surface area contributed by atoms with Gasteiger partial charge in [-0.05, 0) is 18.9 Å². The van der Waals surface area contributed by atoms with Crippen LogP contribution in [0.15, 0.2) is 30.5 Å². The predicted octanol–water partition coefficient (Wildman–Crippen LogP) is 2.61. The van der Waals surface area contributed by atoms with Crippen LogP contribution < -0.4 is 5.32 Å². The summed E-state index contributed by atoms with van der Waals surface area (Å²) in [6.45, 7) is 6.36. The lowest BCUT2D eigenvalue weighted by atomic mass is 10.1. The number of para-hydroxylation sites is 1. The molecule has 0 fully saturated rings. The average molecular weight is 272 g/mol. The molecule has 0 saturated carbocycles. The molecule has 4 heteroatoms. The molecule has 1 heterocycles. The van der Waals surface area contributed by atoms with E-state index in [1.807, 2.05) is 35.8 Å². The maximum absolute atomic E-state index is 12.0. The molecule has 20 heavy (non-hydrogen) atoms. The van der Waals surface area contributed by atoms with Crippen molar-refractivity contribution in [1.82, 2.24) is 9.88 Å². The van der Waals surface area contributed by atoms with Crippen LogP contribution in [0.1, 0.15) is 31.1 Å². The number of amides is 1. The Labute approximate surface area is 118 Å². The number of nitrogens with zero attached hydrogens (tertiary/aromatic N) is 1. The van der Waals surface area contributed by atoms with Gasteiger partial charge in [0.05, 0.1) is 0 Å². The Morgan fingerprint density at radius 3 is 2.65 bits per heavy atom. The predicted molar refractivity (Wildman–Crippen MR) is 79.8 cm³/mol. The van der Waals surface area contributed by atoms with Crippen LogP contribution in [0.3, 0.4) is 0 Å². The number of carbonyl (C=O) groups excluding carboxylic acids is 2. The van der Waals surface area contributed by atoms with E-state index in [9.17, 15) is 9.59 Å². The lowest BCUT2D eigenvalue weighted by Gasteiger charge is -2.17. The second-order valence-corrected chi connectivity index (χ2v) is 5.45. The number of hydrogen-bond donors (Lipinski definition) is 1. The van der Waals surface area contributed by atoms with E-state index < -0.39 is 0 Å². The van der Waals surface area contributed by atoms with Crippen molar-refractivity contribution < 1.29 is 9.59 Å².